The van der Waals surface area contributed by atoms with Gasteiger partial charge < -0.3 is 10.2 Å². The highest BCUT2D eigenvalue weighted by molar-refractivity contribution is 7.10. The van der Waals surface area contributed by atoms with Crippen LogP contribution in [0.5, 0.6) is 0 Å². The van der Waals surface area contributed by atoms with Crippen LogP contribution in [0.1, 0.15) is 29.8 Å². The smallest absolute Gasteiger partial charge is 0.253 e. The minimum Gasteiger partial charge on any atom is -0.345 e. The van der Waals surface area contributed by atoms with Gasteiger partial charge in [-0.3, -0.25) is 4.79 Å². The molecule has 0 fully saturated rings. The number of nitriles is 1. The lowest BCUT2D eigenvalue weighted by Crippen LogP contribution is -2.30. The van der Waals surface area contributed by atoms with Crippen molar-refractivity contribution in [3.63, 3.8) is 0 Å². The number of rotatable bonds is 5. The molecule has 1 aromatic heterocycles. The Labute approximate surface area is 138 Å². The molecule has 1 aromatic carbocycles. The summed E-state index contributed by atoms with van der Waals surface area (Å²) in [4.78, 5) is 14.0. The first kappa shape index (κ1) is 16.3. The molecule has 0 aliphatic heterocycles. The van der Waals surface area contributed by atoms with Crippen molar-refractivity contribution >= 4 is 39.7 Å². The van der Waals surface area contributed by atoms with Crippen LogP contribution in [0.2, 0.25) is 5.15 Å². The van der Waals surface area contributed by atoms with Crippen molar-refractivity contribution in [3.8, 4) is 6.07 Å². The van der Waals surface area contributed by atoms with Crippen molar-refractivity contribution in [1.82, 2.24) is 9.27 Å². The zero-order valence-electron chi connectivity index (χ0n) is 12.3. The van der Waals surface area contributed by atoms with Gasteiger partial charge in [-0.1, -0.05) is 11.6 Å². The van der Waals surface area contributed by atoms with Gasteiger partial charge in [0, 0.05) is 24.3 Å². The Morgan fingerprint density at radius 2 is 2.00 bits per heavy atom. The largest absolute Gasteiger partial charge is 0.345 e. The van der Waals surface area contributed by atoms with Crippen LogP contribution < -0.4 is 5.32 Å². The van der Waals surface area contributed by atoms with Gasteiger partial charge >= 0.3 is 0 Å². The monoisotopic (exact) mass is 334 g/mol. The summed E-state index contributed by atoms with van der Waals surface area (Å²) in [5.41, 5.74) is 1.74. The van der Waals surface area contributed by atoms with Gasteiger partial charge in [-0.2, -0.15) is 9.64 Å². The molecular formula is C15H15ClN4OS. The molecule has 2 rings (SSSR count). The molecule has 7 heteroatoms. The van der Waals surface area contributed by atoms with E-state index in [9.17, 15) is 4.79 Å². The average Bonchev–Trinajstić information content (AvgIpc) is 2.89. The van der Waals surface area contributed by atoms with Crippen LogP contribution in [-0.4, -0.2) is 28.3 Å². The summed E-state index contributed by atoms with van der Waals surface area (Å²) in [6.07, 6.45) is 0. The highest BCUT2D eigenvalue weighted by Gasteiger charge is 2.14. The van der Waals surface area contributed by atoms with E-state index in [1.165, 1.54) is 0 Å². The van der Waals surface area contributed by atoms with E-state index in [4.69, 9.17) is 16.9 Å². The van der Waals surface area contributed by atoms with Gasteiger partial charge in [-0.15, -0.1) is 0 Å². The molecule has 0 unspecified atom stereocenters. The van der Waals surface area contributed by atoms with Crippen LogP contribution in [-0.2, 0) is 0 Å². The standard InChI is InChI=1S/C15H15ClN4OS/c1-3-20(4-2)15(21)10-5-7-11(8-6-10)18-14-12(9-17)13(16)19-22-14/h5-8,18H,3-4H2,1-2H3. The molecule has 22 heavy (non-hydrogen) atoms. The lowest BCUT2D eigenvalue weighted by molar-refractivity contribution is 0.0773. The number of hydrogen-bond donors (Lipinski definition) is 1. The van der Waals surface area contributed by atoms with E-state index in [1.807, 2.05) is 19.9 Å². The number of nitrogens with zero attached hydrogens (tertiary/aromatic N) is 3. The maximum absolute atomic E-state index is 12.2. The summed E-state index contributed by atoms with van der Waals surface area (Å²) in [7, 11) is 0. The maximum atomic E-state index is 12.2. The van der Waals surface area contributed by atoms with E-state index in [1.54, 1.807) is 29.2 Å². The van der Waals surface area contributed by atoms with Crippen LogP contribution in [0.25, 0.3) is 0 Å². The van der Waals surface area contributed by atoms with E-state index in [0.717, 1.165) is 17.2 Å². The molecule has 114 valence electrons. The van der Waals surface area contributed by atoms with Crippen LogP contribution in [0.15, 0.2) is 24.3 Å². The number of halogens is 1. The van der Waals surface area contributed by atoms with Crippen molar-refractivity contribution in [2.45, 2.75) is 13.8 Å². The zero-order chi connectivity index (χ0) is 16.1. The topological polar surface area (TPSA) is 69.0 Å². The summed E-state index contributed by atoms with van der Waals surface area (Å²) in [6, 6.07) is 9.13. The predicted octanol–water partition coefficient (Wildman–Crippen LogP) is 3.89. The predicted molar refractivity (Wildman–Crippen MR) is 88.8 cm³/mol. The van der Waals surface area contributed by atoms with Crippen molar-refractivity contribution in [2.75, 3.05) is 18.4 Å². The number of amides is 1. The van der Waals surface area contributed by atoms with Gasteiger partial charge in [0.1, 0.15) is 16.6 Å². The van der Waals surface area contributed by atoms with Crippen molar-refractivity contribution in [3.05, 3.63) is 40.5 Å². The van der Waals surface area contributed by atoms with Gasteiger partial charge in [0.2, 0.25) is 0 Å². The highest BCUT2D eigenvalue weighted by atomic mass is 35.5. The Morgan fingerprint density at radius 3 is 2.55 bits per heavy atom. The number of hydrogen-bond acceptors (Lipinski definition) is 5. The number of aromatic nitrogens is 1. The third-order valence-electron chi connectivity index (χ3n) is 3.20. The third-order valence-corrected chi connectivity index (χ3v) is 4.34. The number of carbonyl (C=O) groups is 1. The van der Waals surface area contributed by atoms with Gasteiger partial charge in [0.25, 0.3) is 5.91 Å². The van der Waals surface area contributed by atoms with E-state index >= 15 is 0 Å². The molecule has 0 bridgehead atoms. The van der Waals surface area contributed by atoms with Crippen LogP contribution >= 0.6 is 23.1 Å². The molecule has 0 aliphatic carbocycles. The molecule has 1 amide bonds. The molecular weight excluding hydrogens is 320 g/mol. The second kappa shape index (κ2) is 7.25. The van der Waals surface area contributed by atoms with Crippen molar-refractivity contribution in [1.29, 1.82) is 5.26 Å². The summed E-state index contributed by atoms with van der Waals surface area (Å²) in [5.74, 6) is 0.00935. The van der Waals surface area contributed by atoms with E-state index in [-0.39, 0.29) is 11.1 Å². The first-order valence-corrected chi connectivity index (χ1v) is 7.97. The van der Waals surface area contributed by atoms with Crippen LogP contribution in [0, 0.1) is 11.3 Å². The Morgan fingerprint density at radius 1 is 1.36 bits per heavy atom. The Kier molecular flexibility index (Phi) is 5.36. The van der Waals surface area contributed by atoms with Crippen LogP contribution in [0.4, 0.5) is 10.7 Å². The first-order valence-electron chi connectivity index (χ1n) is 6.82. The Hall–Kier alpha value is -2.10. The Bertz CT molecular complexity index is 701. The van der Waals surface area contributed by atoms with E-state index in [2.05, 4.69) is 9.69 Å². The summed E-state index contributed by atoms with van der Waals surface area (Å²) in [5, 5.41) is 12.9. The lowest BCUT2D eigenvalue weighted by Gasteiger charge is -2.18. The van der Waals surface area contributed by atoms with Gasteiger partial charge in [0.15, 0.2) is 5.15 Å². The number of anilines is 2. The second-order valence-electron chi connectivity index (χ2n) is 4.47. The van der Waals surface area contributed by atoms with Gasteiger partial charge in [-0.25, -0.2) is 0 Å². The minimum absolute atomic E-state index is 0.00935. The van der Waals surface area contributed by atoms with E-state index in [0.29, 0.717) is 29.2 Å². The SMILES string of the molecule is CCN(CC)C(=O)c1ccc(Nc2snc(Cl)c2C#N)cc1. The molecule has 2 aromatic rings. The molecule has 0 saturated heterocycles. The highest BCUT2D eigenvalue weighted by Crippen LogP contribution is 2.30. The lowest BCUT2D eigenvalue weighted by atomic mass is 10.1. The van der Waals surface area contributed by atoms with Crippen molar-refractivity contribution < 1.29 is 4.79 Å². The van der Waals surface area contributed by atoms with Gasteiger partial charge in [0.05, 0.1) is 0 Å². The maximum Gasteiger partial charge on any atom is 0.253 e. The average molecular weight is 335 g/mol. The third kappa shape index (κ3) is 3.38. The number of nitrogens with one attached hydrogen (secondary N) is 1. The van der Waals surface area contributed by atoms with Crippen LogP contribution in [0.3, 0.4) is 0 Å². The fourth-order valence-corrected chi connectivity index (χ4v) is 2.93. The normalized spacial score (nSPS) is 10.1. The molecule has 0 spiro atoms. The van der Waals surface area contributed by atoms with E-state index < -0.39 is 0 Å². The van der Waals surface area contributed by atoms with Crippen molar-refractivity contribution in [2.24, 2.45) is 0 Å². The van der Waals surface area contributed by atoms with Gasteiger partial charge in [-0.05, 0) is 49.6 Å². The fourth-order valence-electron chi connectivity index (χ4n) is 1.97. The second-order valence-corrected chi connectivity index (χ2v) is 5.60. The number of benzene rings is 1. The summed E-state index contributed by atoms with van der Waals surface area (Å²) >= 11 is 6.96. The molecule has 5 nitrogen and oxygen atoms in total. The summed E-state index contributed by atoms with van der Waals surface area (Å²) in [6.45, 7) is 5.27. The fraction of sp³-hybridized carbons (Fsp3) is 0.267. The zero-order valence-corrected chi connectivity index (χ0v) is 13.8. The molecule has 0 aliphatic rings. The molecule has 0 saturated carbocycles. The molecule has 1 heterocycles. The minimum atomic E-state index is 0.00935. The Balaban J connectivity index is 2.16. The molecule has 1 N–H and O–H groups in total. The number of carbonyl (C=O) groups excluding carboxylic acids is 1. The molecule has 0 radical (unpaired) electrons. The summed E-state index contributed by atoms with van der Waals surface area (Å²) < 4.78 is 3.94. The quantitative estimate of drug-likeness (QED) is 0.900. The first-order chi connectivity index (χ1) is 10.6. The molecule has 0 atom stereocenters.